The molecule has 156 valence electrons. The third-order valence-corrected chi connectivity index (χ3v) is 4.72. The monoisotopic (exact) mass is 392 g/mol. The zero-order chi connectivity index (χ0) is 20.8. The molecule has 1 aliphatic rings. The molecular formula is C21H32N2O5. The van der Waals surface area contributed by atoms with Crippen molar-refractivity contribution in [1.82, 2.24) is 10.6 Å². The van der Waals surface area contributed by atoms with Crippen molar-refractivity contribution in [2.75, 3.05) is 19.7 Å². The number of amides is 2. The van der Waals surface area contributed by atoms with Crippen LogP contribution in [0.2, 0.25) is 0 Å². The molecule has 1 aromatic carbocycles. The molecule has 7 heteroatoms. The molecule has 0 bridgehead atoms. The van der Waals surface area contributed by atoms with Gasteiger partial charge in [-0.2, -0.15) is 0 Å². The average Bonchev–Trinajstić information content (AvgIpc) is 2.64. The zero-order valence-electron chi connectivity index (χ0n) is 17.2. The highest BCUT2D eigenvalue weighted by atomic mass is 16.7. The molecule has 0 spiro atoms. The van der Waals surface area contributed by atoms with Gasteiger partial charge in [-0.3, -0.25) is 9.59 Å². The molecule has 0 aliphatic carbocycles. The summed E-state index contributed by atoms with van der Waals surface area (Å²) in [4.78, 5) is 24.5. The number of carbonyl (C=O) groups excluding carboxylic acids is 2. The number of rotatable bonds is 8. The number of carbonyl (C=O) groups is 2. The number of nitrogens with one attached hydrogen (secondary N) is 2. The Balaban J connectivity index is 1.71. The van der Waals surface area contributed by atoms with Crippen LogP contribution in [0.25, 0.3) is 0 Å². The fraction of sp³-hybridized carbons (Fsp3) is 0.619. The van der Waals surface area contributed by atoms with E-state index in [-0.39, 0.29) is 18.9 Å². The summed E-state index contributed by atoms with van der Waals surface area (Å²) < 4.78 is 11.4. The summed E-state index contributed by atoms with van der Waals surface area (Å²) in [5, 5.41) is 15.5. The Bertz CT molecular complexity index is 660. The van der Waals surface area contributed by atoms with Crippen molar-refractivity contribution in [3.63, 3.8) is 0 Å². The van der Waals surface area contributed by atoms with Gasteiger partial charge in [-0.25, -0.2) is 0 Å². The Kier molecular flexibility index (Phi) is 7.57. The van der Waals surface area contributed by atoms with E-state index in [4.69, 9.17) is 9.47 Å². The molecule has 0 radical (unpaired) electrons. The SMILES string of the molecule is CC1(C)OCC(C)(C)[C@H](C(=O)NCC[C@@H](O)C(=O)NCCc2ccccc2)O1. The minimum Gasteiger partial charge on any atom is -0.383 e. The van der Waals surface area contributed by atoms with E-state index in [1.807, 2.05) is 44.2 Å². The summed E-state index contributed by atoms with van der Waals surface area (Å²) in [6.07, 6.45) is -0.998. The van der Waals surface area contributed by atoms with Crippen LogP contribution in [0.1, 0.15) is 39.7 Å². The first-order valence-corrected chi connectivity index (χ1v) is 9.70. The molecule has 3 N–H and O–H groups in total. The van der Waals surface area contributed by atoms with Gasteiger partial charge in [0, 0.05) is 18.5 Å². The largest absolute Gasteiger partial charge is 0.383 e. The zero-order valence-corrected chi connectivity index (χ0v) is 17.2. The first kappa shape index (κ1) is 22.3. The van der Waals surface area contributed by atoms with Crippen LogP contribution in [0.15, 0.2) is 30.3 Å². The van der Waals surface area contributed by atoms with E-state index < -0.39 is 29.3 Å². The van der Waals surface area contributed by atoms with Gasteiger partial charge in [0.2, 0.25) is 11.8 Å². The van der Waals surface area contributed by atoms with Gasteiger partial charge in [0.15, 0.2) is 5.79 Å². The summed E-state index contributed by atoms with van der Waals surface area (Å²) in [6, 6.07) is 9.80. The smallest absolute Gasteiger partial charge is 0.249 e. The summed E-state index contributed by atoms with van der Waals surface area (Å²) in [6.45, 7) is 8.39. The van der Waals surface area contributed by atoms with Gasteiger partial charge >= 0.3 is 0 Å². The highest BCUT2D eigenvalue weighted by Gasteiger charge is 2.45. The van der Waals surface area contributed by atoms with Crippen molar-refractivity contribution < 1.29 is 24.2 Å². The Labute approximate surface area is 166 Å². The number of aliphatic hydroxyl groups is 1. The van der Waals surface area contributed by atoms with Crippen molar-refractivity contribution in [3.05, 3.63) is 35.9 Å². The van der Waals surface area contributed by atoms with Gasteiger partial charge in [0.25, 0.3) is 0 Å². The van der Waals surface area contributed by atoms with Gasteiger partial charge in [0.05, 0.1) is 6.61 Å². The van der Waals surface area contributed by atoms with Crippen LogP contribution in [-0.2, 0) is 25.5 Å². The molecule has 28 heavy (non-hydrogen) atoms. The Morgan fingerprint density at radius 3 is 2.50 bits per heavy atom. The van der Waals surface area contributed by atoms with Crippen molar-refractivity contribution in [1.29, 1.82) is 0 Å². The van der Waals surface area contributed by atoms with E-state index in [1.165, 1.54) is 0 Å². The van der Waals surface area contributed by atoms with Crippen molar-refractivity contribution in [3.8, 4) is 0 Å². The standard InChI is InChI=1S/C21H32N2O5/c1-20(2)14-27-21(3,4)28-17(20)19(26)23-13-11-16(24)18(25)22-12-10-15-8-6-5-7-9-15/h5-9,16-17,24H,10-14H2,1-4H3,(H,22,25)(H,23,26)/t16-,17+/m1/s1. The second-order valence-electron chi connectivity index (χ2n) is 8.30. The minimum atomic E-state index is -1.17. The maximum atomic E-state index is 12.5. The van der Waals surface area contributed by atoms with Gasteiger partial charge in [-0.15, -0.1) is 0 Å². The summed E-state index contributed by atoms with van der Waals surface area (Å²) in [5.41, 5.74) is 0.652. The highest BCUT2D eigenvalue weighted by molar-refractivity contribution is 5.82. The molecule has 0 saturated carbocycles. The van der Waals surface area contributed by atoms with Crippen LogP contribution >= 0.6 is 0 Å². The first-order chi connectivity index (χ1) is 13.1. The number of aliphatic hydroxyl groups excluding tert-OH is 1. The maximum absolute atomic E-state index is 12.5. The third kappa shape index (κ3) is 6.58. The number of hydrogen-bond acceptors (Lipinski definition) is 5. The topological polar surface area (TPSA) is 96.9 Å². The normalized spacial score (nSPS) is 21.5. The quantitative estimate of drug-likeness (QED) is 0.621. The van der Waals surface area contributed by atoms with Crippen molar-refractivity contribution >= 4 is 11.8 Å². The summed E-state index contributed by atoms with van der Waals surface area (Å²) in [7, 11) is 0. The van der Waals surface area contributed by atoms with Gasteiger partial charge in [-0.05, 0) is 32.3 Å². The highest BCUT2D eigenvalue weighted by Crippen LogP contribution is 2.34. The van der Waals surface area contributed by atoms with E-state index in [0.717, 1.165) is 5.56 Å². The number of hydrogen-bond donors (Lipinski definition) is 3. The summed E-state index contributed by atoms with van der Waals surface area (Å²) in [5.74, 6) is -1.53. The Morgan fingerprint density at radius 1 is 1.14 bits per heavy atom. The van der Waals surface area contributed by atoms with E-state index in [2.05, 4.69) is 10.6 Å². The summed E-state index contributed by atoms with van der Waals surface area (Å²) >= 11 is 0. The number of benzene rings is 1. The van der Waals surface area contributed by atoms with Gasteiger partial charge in [-0.1, -0.05) is 44.2 Å². The minimum absolute atomic E-state index is 0.135. The first-order valence-electron chi connectivity index (χ1n) is 9.70. The molecule has 0 unspecified atom stereocenters. The predicted octanol–water partition coefficient (Wildman–Crippen LogP) is 1.39. The fourth-order valence-corrected chi connectivity index (χ4v) is 2.97. The van der Waals surface area contributed by atoms with Crippen molar-refractivity contribution in [2.24, 2.45) is 5.41 Å². The molecule has 7 nitrogen and oxygen atoms in total. The van der Waals surface area contributed by atoms with Crippen LogP contribution in [0.4, 0.5) is 0 Å². The molecule has 0 aromatic heterocycles. The molecule has 1 saturated heterocycles. The molecular weight excluding hydrogens is 360 g/mol. The predicted molar refractivity (Wildman–Crippen MR) is 105 cm³/mol. The van der Waals surface area contributed by atoms with Crippen LogP contribution in [0, 0.1) is 5.41 Å². The third-order valence-electron chi connectivity index (χ3n) is 4.72. The molecule has 2 amide bonds. The van der Waals surface area contributed by atoms with E-state index in [0.29, 0.717) is 19.6 Å². The Hall–Kier alpha value is -1.96. The van der Waals surface area contributed by atoms with Crippen LogP contribution in [0.3, 0.4) is 0 Å². The average molecular weight is 392 g/mol. The number of ether oxygens (including phenoxy) is 2. The second kappa shape index (κ2) is 9.49. The van der Waals surface area contributed by atoms with Crippen LogP contribution in [-0.4, -0.2) is 54.6 Å². The van der Waals surface area contributed by atoms with E-state index in [1.54, 1.807) is 13.8 Å². The van der Waals surface area contributed by atoms with Crippen LogP contribution < -0.4 is 10.6 Å². The van der Waals surface area contributed by atoms with Crippen LogP contribution in [0.5, 0.6) is 0 Å². The fourth-order valence-electron chi connectivity index (χ4n) is 2.97. The molecule has 1 aromatic rings. The molecule has 1 heterocycles. The second-order valence-corrected chi connectivity index (χ2v) is 8.30. The lowest BCUT2D eigenvalue weighted by atomic mass is 9.85. The van der Waals surface area contributed by atoms with Gasteiger partial charge < -0.3 is 25.2 Å². The van der Waals surface area contributed by atoms with Gasteiger partial charge in [0.1, 0.15) is 12.2 Å². The maximum Gasteiger partial charge on any atom is 0.249 e. The molecule has 2 atom stereocenters. The van der Waals surface area contributed by atoms with E-state index in [9.17, 15) is 14.7 Å². The molecule has 2 rings (SSSR count). The van der Waals surface area contributed by atoms with E-state index >= 15 is 0 Å². The lowest BCUT2D eigenvalue weighted by molar-refractivity contribution is -0.304. The Morgan fingerprint density at radius 2 is 1.82 bits per heavy atom. The lowest BCUT2D eigenvalue weighted by Crippen LogP contribution is -2.56. The molecule has 1 aliphatic heterocycles. The van der Waals surface area contributed by atoms with Crippen molar-refractivity contribution in [2.45, 2.75) is 58.5 Å². The molecule has 1 fully saturated rings. The lowest BCUT2D eigenvalue weighted by Gasteiger charge is -2.44.